The Labute approximate surface area is 320 Å². The van der Waals surface area contributed by atoms with E-state index in [9.17, 15) is 9.59 Å². The number of amides is 2. The van der Waals surface area contributed by atoms with Crippen molar-refractivity contribution in [2.45, 2.75) is 103 Å². The molecule has 6 heteroatoms. The van der Waals surface area contributed by atoms with E-state index in [1.807, 2.05) is 27.7 Å². The van der Waals surface area contributed by atoms with Crippen LogP contribution in [0.15, 0.2) is 84.9 Å². The van der Waals surface area contributed by atoms with Crippen molar-refractivity contribution in [3.05, 3.63) is 119 Å². The normalized spacial score (nSPS) is 20.1. The van der Waals surface area contributed by atoms with Crippen molar-refractivity contribution in [3.8, 4) is 22.3 Å². The summed E-state index contributed by atoms with van der Waals surface area (Å²) in [5, 5.41) is 11.2. The van der Waals surface area contributed by atoms with Crippen LogP contribution in [0.2, 0.25) is 0 Å². The van der Waals surface area contributed by atoms with Crippen LogP contribution in [-0.2, 0) is 9.59 Å². The van der Waals surface area contributed by atoms with E-state index in [1.54, 1.807) is 0 Å². The largest absolute Gasteiger partial charge is 0.324 e. The Morgan fingerprint density at radius 1 is 0.519 bits per heavy atom. The Balaban J connectivity index is 1.48. The topological polar surface area (TPSA) is 66.9 Å². The van der Waals surface area contributed by atoms with Crippen molar-refractivity contribution in [1.82, 2.24) is 0 Å². The van der Waals surface area contributed by atoms with E-state index in [2.05, 4.69) is 105 Å². The molecule has 0 radical (unpaired) electrons. The number of benzene rings is 5. The molecular formula is C48H50N4O2. The van der Waals surface area contributed by atoms with E-state index in [0.29, 0.717) is 23.2 Å². The van der Waals surface area contributed by atoms with Gasteiger partial charge in [-0.1, -0.05) is 113 Å². The maximum atomic E-state index is 13.8. The van der Waals surface area contributed by atoms with Gasteiger partial charge in [-0.05, 0) is 81.3 Å². The van der Waals surface area contributed by atoms with Gasteiger partial charge in [0.25, 0.3) is 0 Å². The molecule has 0 bridgehead atoms. The summed E-state index contributed by atoms with van der Waals surface area (Å²) in [5.74, 6) is -0.154. The number of fused-ring (bicyclic) bond motifs is 2. The first-order chi connectivity index (χ1) is 26.2. The summed E-state index contributed by atoms with van der Waals surface area (Å²) < 4.78 is 0. The van der Waals surface area contributed by atoms with Crippen LogP contribution >= 0.6 is 0 Å². The van der Waals surface area contributed by atoms with E-state index in [4.69, 9.17) is 13.1 Å². The summed E-state index contributed by atoms with van der Waals surface area (Å²) in [5.41, 5.74) is 7.49. The van der Waals surface area contributed by atoms with Crippen LogP contribution in [0, 0.1) is 25.0 Å². The molecule has 5 aromatic rings. The summed E-state index contributed by atoms with van der Waals surface area (Å²) in [7, 11) is 0. The van der Waals surface area contributed by atoms with Gasteiger partial charge in [-0.25, -0.2) is 13.1 Å². The van der Waals surface area contributed by atoms with Crippen molar-refractivity contribution < 1.29 is 9.59 Å². The molecule has 0 aliphatic heterocycles. The first-order valence-corrected chi connectivity index (χ1v) is 19.7. The molecule has 0 unspecified atom stereocenters. The molecule has 0 spiro atoms. The standard InChI is InChI=1S/C48H50N4O2/c1-29(2)47(53)51-45-41(39-17-9-13-33-11-7-15-37(43(33)39)31-19-23-35(49-5)24-20-31)27-28-42(46(45)52-48(54)30(3)4)40-18-10-14-34-12-8-16-38(44(34)40)32-21-25-36(50-6)26-22-32/h7-18,27-32,35-36H,19-26H2,1-4H3,(H,51,53)(H,52,54). The second kappa shape index (κ2) is 15.9. The highest BCUT2D eigenvalue weighted by Crippen LogP contribution is 2.49. The monoisotopic (exact) mass is 714 g/mol. The van der Waals surface area contributed by atoms with Gasteiger partial charge in [0.15, 0.2) is 0 Å². The Morgan fingerprint density at radius 2 is 0.870 bits per heavy atom. The van der Waals surface area contributed by atoms with Crippen LogP contribution in [0.1, 0.15) is 102 Å². The van der Waals surface area contributed by atoms with Crippen LogP contribution in [0.25, 0.3) is 53.5 Å². The second-order valence-electron chi connectivity index (χ2n) is 16.0. The van der Waals surface area contributed by atoms with Gasteiger partial charge in [-0.3, -0.25) is 9.59 Å². The smallest absolute Gasteiger partial charge is 0.226 e. The maximum Gasteiger partial charge on any atom is 0.226 e. The van der Waals surface area contributed by atoms with Gasteiger partial charge < -0.3 is 20.3 Å². The van der Waals surface area contributed by atoms with Crippen LogP contribution in [0.4, 0.5) is 11.4 Å². The van der Waals surface area contributed by atoms with Crippen LogP contribution < -0.4 is 10.6 Å². The fraction of sp³-hybridized carbons (Fsp3) is 0.375. The zero-order chi connectivity index (χ0) is 37.9. The lowest BCUT2D eigenvalue weighted by Gasteiger charge is -2.27. The van der Waals surface area contributed by atoms with Crippen molar-refractivity contribution in [2.75, 3.05) is 10.6 Å². The van der Waals surface area contributed by atoms with Crippen molar-refractivity contribution >= 4 is 44.7 Å². The summed E-state index contributed by atoms with van der Waals surface area (Å²) in [4.78, 5) is 35.3. The van der Waals surface area contributed by atoms with Gasteiger partial charge in [-0.15, -0.1) is 0 Å². The number of nitrogens with zero attached hydrogens (tertiary/aromatic N) is 2. The zero-order valence-electron chi connectivity index (χ0n) is 31.9. The molecule has 7 rings (SSSR count). The molecule has 6 nitrogen and oxygen atoms in total. The average Bonchev–Trinajstić information content (AvgIpc) is 3.20. The van der Waals surface area contributed by atoms with Gasteiger partial charge >= 0.3 is 0 Å². The summed E-state index contributed by atoms with van der Waals surface area (Å²) in [6.45, 7) is 22.8. The SMILES string of the molecule is [C-]#[N+]C1CCC(c2cccc3cccc(-c4ccc(-c5cccc6cccc(C7CCC([N+]#[C-])CC7)c56)c(NC(=O)C(C)C)c4NC(=O)C(C)C)c23)CC1. The first kappa shape index (κ1) is 36.9. The highest BCUT2D eigenvalue weighted by atomic mass is 16.2. The summed E-state index contributed by atoms with van der Waals surface area (Å²) >= 11 is 0. The molecule has 2 fully saturated rings. The first-order valence-electron chi connectivity index (χ1n) is 19.7. The van der Waals surface area contributed by atoms with Crippen molar-refractivity contribution in [3.63, 3.8) is 0 Å². The van der Waals surface area contributed by atoms with Gasteiger partial charge in [0.2, 0.25) is 23.9 Å². The zero-order valence-corrected chi connectivity index (χ0v) is 31.9. The fourth-order valence-corrected chi connectivity index (χ4v) is 8.75. The number of rotatable bonds is 8. The van der Waals surface area contributed by atoms with Crippen molar-refractivity contribution in [2.24, 2.45) is 11.8 Å². The van der Waals surface area contributed by atoms with E-state index in [0.717, 1.165) is 95.2 Å². The molecule has 0 atom stereocenters. The highest BCUT2D eigenvalue weighted by molar-refractivity contribution is 6.14. The minimum Gasteiger partial charge on any atom is -0.324 e. The molecule has 2 aliphatic carbocycles. The van der Waals surface area contributed by atoms with E-state index in [1.165, 1.54) is 11.1 Å². The number of hydrogen-bond acceptors (Lipinski definition) is 2. The lowest BCUT2D eigenvalue weighted by Crippen LogP contribution is -2.23. The third-order valence-electron chi connectivity index (χ3n) is 11.8. The average molecular weight is 715 g/mol. The van der Waals surface area contributed by atoms with E-state index >= 15 is 0 Å². The maximum absolute atomic E-state index is 13.8. The van der Waals surface area contributed by atoms with Gasteiger partial charge in [0.05, 0.1) is 11.4 Å². The third-order valence-corrected chi connectivity index (χ3v) is 11.8. The molecule has 2 saturated carbocycles. The molecule has 5 aromatic carbocycles. The Hall–Kier alpha value is -5.46. The Morgan fingerprint density at radius 3 is 1.20 bits per heavy atom. The number of anilines is 2. The van der Waals surface area contributed by atoms with Crippen LogP contribution in [0.3, 0.4) is 0 Å². The predicted molar refractivity (Wildman–Crippen MR) is 222 cm³/mol. The molecule has 2 aliphatic rings. The van der Waals surface area contributed by atoms with Gasteiger partial charge in [0.1, 0.15) is 0 Å². The molecule has 0 aromatic heterocycles. The quantitative estimate of drug-likeness (QED) is 0.157. The molecule has 274 valence electrons. The predicted octanol–water partition coefficient (Wildman–Crippen LogP) is 12.4. The number of hydrogen-bond donors (Lipinski definition) is 2. The second-order valence-corrected chi connectivity index (χ2v) is 16.0. The van der Waals surface area contributed by atoms with E-state index in [-0.39, 0.29) is 35.7 Å². The summed E-state index contributed by atoms with van der Waals surface area (Å²) in [6.07, 6.45) is 7.47. The lowest BCUT2D eigenvalue weighted by atomic mass is 9.78. The van der Waals surface area contributed by atoms with E-state index < -0.39 is 0 Å². The molecule has 2 N–H and O–H groups in total. The number of carbonyl (C=O) groups excluding carboxylic acids is 2. The lowest BCUT2D eigenvalue weighted by molar-refractivity contribution is -0.119. The minimum atomic E-state index is -0.286. The Bertz CT molecular complexity index is 2120. The number of nitrogens with one attached hydrogen (secondary N) is 2. The molecule has 2 amide bonds. The third kappa shape index (κ3) is 7.23. The minimum absolute atomic E-state index is 0.0941. The molecule has 0 saturated heterocycles. The molecular weight excluding hydrogens is 665 g/mol. The van der Waals surface area contributed by atoms with Crippen LogP contribution in [0.5, 0.6) is 0 Å². The molecule has 0 heterocycles. The number of carbonyl (C=O) groups is 2. The summed E-state index contributed by atoms with van der Waals surface area (Å²) in [6, 6.07) is 30.2. The van der Waals surface area contributed by atoms with Gasteiger partial charge in [-0.2, -0.15) is 0 Å². The van der Waals surface area contributed by atoms with Crippen molar-refractivity contribution in [1.29, 1.82) is 0 Å². The fourth-order valence-electron chi connectivity index (χ4n) is 8.75. The Kier molecular flexibility index (Phi) is 10.8. The molecule has 54 heavy (non-hydrogen) atoms. The van der Waals surface area contributed by atoms with Gasteiger partial charge in [0, 0.05) is 48.6 Å². The van der Waals surface area contributed by atoms with Crippen LogP contribution in [-0.4, -0.2) is 23.9 Å². The highest BCUT2D eigenvalue weighted by Gasteiger charge is 2.30.